The van der Waals surface area contributed by atoms with Crippen molar-refractivity contribution in [2.75, 3.05) is 13.1 Å². The average molecular weight is 436 g/mol. The number of benzene rings is 2. The van der Waals surface area contributed by atoms with Gasteiger partial charge >= 0.3 is 0 Å². The summed E-state index contributed by atoms with van der Waals surface area (Å²) in [5, 5.41) is 6.03. The van der Waals surface area contributed by atoms with Crippen molar-refractivity contribution >= 4 is 17.2 Å². The molecule has 31 heavy (non-hydrogen) atoms. The molecule has 4 rings (SSSR count). The number of rotatable bonds is 8. The number of aromatic nitrogens is 1. The van der Waals surface area contributed by atoms with Crippen molar-refractivity contribution < 1.29 is 9.53 Å². The van der Waals surface area contributed by atoms with Crippen LogP contribution in [0.5, 0.6) is 5.75 Å². The molecule has 1 saturated heterocycles. The van der Waals surface area contributed by atoms with Crippen molar-refractivity contribution in [2.45, 2.75) is 45.4 Å². The largest absolute Gasteiger partial charge is 0.486 e. The van der Waals surface area contributed by atoms with Gasteiger partial charge in [-0.05, 0) is 37.5 Å². The van der Waals surface area contributed by atoms with E-state index in [4.69, 9.17) is 4.74 Å². The Morgan fingerprint density at radius 3 is 2.61 bits per heavy atom. The quantitative estimate of drug-likeness (QED) is 0.571. The number of carbonyl (C=O) groups excluding carboxylic acids is 1. The lowest BCUT2D eigenvalue weighted by molar-refractivity contribution is -0.121. The second kappa shape index (κ2) is 10.6. The summed E-state index contributed by atoms with van der Waals surface area (Å²) in [5.74, 6) is 0.886. The topological polar surface area (TPSA) is 54.5 Å². The number of carbonyl (C=O) groups is 1. The Morgan fingerprint density at radius 2 is 1.87 bits per heavy atom. The van der Waals surface area contributed by atoms with Gasteiger partial charge in [0.2, 0.25) is 5.91 Å². The molecule has 2 heterocycles. The predicted molar refractivity (Wildman–Crippen MR) is 124 cm³/mol. The van der Waals surface area contributed by atoms with Crippen LogP contribution >= 0.6 is 11.3 Å². The Morgan fingerprint density at radius 1 is 1.13 bits per heavy atom. The molecule has 6 heteroatoms. The van der Waals surface area contributed by atoms with E-state index >= 15 is 0 Å². The summed E-state index contributed by atoms with van der Waals surface area (Å²) >= 11 is 1.54. The minimum atomic E-state index is 0.0535. The molecular weight excluding hydrogens is 406 g/mol. The highest BCUT2D eigenvalue weighted by Crippen LogP contribution is 2.17. The molecule has 0 unspecified atom stereocenters. The third-order valence-corrected chi connectivity index (χ3v) is 6.40. The van der Waals surface area contributed by atoms with Gasteiger partial charge in [0.25, 0.3) is 0 Å². The Balaban J connectivity index is 1.18. The molecule has 5 nitrogen and oxygen atoms in total. The first-order valence-electron chi connectivity index (χ1n) is 10.8. The maximum atomic E-state index is 12.5. The number of hydrogen-bond donors (Lipinski definition) is 1. The third kappa shape index (κ3) is 6.64. The maximum absolute atomic E-state index is 12.5. The normalized spacial score (nSPS) is 15.0. The van der Waals surface area contributed by atoms with E-state index in [-0.39, 0.29) is 11.9 Å². The number of piperidine rings is 1. The molecule has 1 N–H and O–H groups in total. The average Bonchev–Trinajstić information content (AvgIpc) is 3.22. The number of thiazole rings is 1. The molecule has 162 valence electrons. The molecule has 1 aliphatic heterocycles. The van der Waals surface area contributed by atoms with Gasteiger partial charge in [0.15, 0.2) is 0 Å². The van der Waals surface area contributed by atoms with Crippen molar-refractivity contribution in [3.8, 4) is 5.75 Å². The predicted octanol–water partition coefficient (Wildman–Crippen LogP) is 4.35. The molecule has 0 aliphatic carbocycles. The summed E-state index contributed by atoms with van der Waals surface area (Å²) in [6, 6.07) is 18.8. The van der Waals surface area contributed by atoms with Gasteiger partial charge in [-0.3, -0.25) is 9.69 Å². The van der Waals surface area contributed by atoms with Crippen LogP contribution in [0.2, 0.25) is 0 Å². The number of nitrogens with one attached hydrogen (secondary N) is 1. The van der Waals surface area contributed by atoms with E-state index in [1.165, 1.54) is 22.5 Å². The molecule has 1 aliphatic rings. The Labute approximate surface area is 188 Å². The van der Waals surface area contributed by atoms with Crippen LogP contribution in [-0.2, 0) is 24.4 Å². The highest BCUT2D eigenvalue weighted by Gasteiger charge is 2.21. The highest BCUT2D eigenvalue weighted by molar-refractivity contribution is 7.09. The number of amides is 1. The lowest BCUT2D eigenvalue weighted by Gasteiger charge is -2.32. The Bertz CT molecular complexity index is 964. The SMILES string of the molecule is Cc1ccc(OCc2nc(CC(=O)NC3CCN(Cc4ccccc4)CC3)cs2)cc1. The van der Waals surface area contributed by atoms with E-state index in [9.17, 15) is 4.79 Å². The van der Waals surface area contributed by atoms with Gasteiger partial charge in [0, 0.05) is 31.1 Å². The van der Waals surface area contributed by atoms with Crippen LogP contribution in [0.1, 0.15) is 34.7 Å². The van der Waals surface area contributed by atoms with Crippen LogP contribution < -0.4 is 10.1 Å². The first kappa shape index (κ1) is 21.5. The first-order valence-corrected chi connectivity index (χ1v) is 11.7. The Kier molecular flexibility index (Phi) is 7.33. The van der Waals surface area contributed by atoms with E-state index in [0.29, 0.717) is 13.0 Å². The van der Waals surface area contributed by atoms with Gasteiger partial charge < -0.3 is 10.1 Å². The summed E-state index contributed by atoms with van der Waals surface area (Å²) in [6.07, 6.45) is 2.31. The zero-order valence-electron chi connectivity index (χ0n) is 17.9. The summed E-state index contributed by atoms with van der Waals surface area (Å²) in [5.41, 5.74) is 3.36. The molecule has 0 saturated carbocycles. The van der Waals surface area contributed by atoms with E-state index < -0.39 is 0 Å². The zero-order chi connectivity index (χ0) is 21.5. The van der Waals surface area contributed by atoms with Crippen molar-refractivity contribution in [3.63, 3.8) is 0 Å². The van der Waals surface area contributed by atoms with Crippen molar-refractivity contribution in [1.82, 2.24) is 15.2 Å². The van der Waals surface area contributed by atoms with Crippen molar-refractivity contribution in [1.29, 1.82) is 0 Å². The number of ether oxygens (including phenoxy) is 1. The van der Waals surface area contributed by atoms with E-state index in [1.807, 2.05) is 35.7 Å². The van der Waals surface area contributed by atoms with Gasteiger partial charge in [0.05, 0.1) is 12.1 Å². The van der Waals surface area contributed by atoms with Crippen LogP contribution in [-0.4, -0.2) is 34.9 Å². The first-order chi connectivity index (χ1) is 15.1. The maximum Gasteiger partial charge on any atom is 0.226 e. The summed E-state index contributed by atoms with van der Waals surface area (Å²) in [7, 11) is 0. The van der Waals surface area contributed by atoms with Gasteiger partial charge in [-0.15, -0.1) is 11.3 Å². The molecule has 1 aromatic heterocycles. The number of nitrogens with zero attached hydrogens (tertiary/aromatic N) is 2. The molecule has 3 aromatic rings. The number of hydrogen-bond acceptors (Lipinski definition) is 5. The van der Waals surface area contributed by atoms with Crippen LogP contribution in [0.4, 0.5) is 0 Å². The molecule has 0 bridgehead atoms. The smallest absolute Gasteiger partial charge is 0.226 e. The molecule has 1 fully saturated rings. The number of aryl methyl sites for hydroxylation is 1. The van der Waals surface area contributed by atoms with E-state index in [2.05, 4.69) is 46.4 Å². The fourth-order valence-electron chi connectivity index (χ4n) is 3.80. The summed E-state index contributed by atoms with van der Waals surface area (Å²) in [4.78, 5) is 19.5. The van der Waals surface area contributed by atoms with E-state index in [1.54, 1.807) is 0 Å². The monoisotopic (exact) mass is 435 g/mol. The van der Waals surface area contributed by atoms with Crippen LogP contribution in [0, 0.1) is 6.92 Å². The molecular formula is C25H29N3O2S. The second-order valence-electron chi connectivity index (χ2n) is 8.11. The van der Waals surface area contributed by atoms with Crippen molar-refractivity contribution in [3.05, 3.63) is 81.8 Å². The molecule has 0 radical (unpaired) electrons. The van der Waals surface area contributed by atoms with E-state index in [0.717, 1.165) is 48.9 Å². The number of likely N-dealkylation sites (tertiary alicyclic amines) is 1. The lowest BCUT2D eigenvalue weighted by Crippen LogP contribution is -2.44. The minimum absolute atomic E-state index is 0.0535. The minimum Gasteiger partial charge on any atom is -0.486 e. The van der Waals surface area contributed by atoms with Crippen LogP contribution in [0.3, 0.4) is 0 Å². The second-order valence-corrected chi connectivity index (χ2v) is 9.06. The van der Waals surface area contributed by atoms with Gasteiger partial charge in [-0.2, -0.15) is 0 Å². The van der Waals surface area contributed by atoms with Crippen LogP contribution in [0.25, 0.3) is 0 Å². The van der Waals surface area contributed by atoms with Gasteiger partial charge in [0.1, 0.15) is 17.4 Å². The van der Waals surface area contributed by atoms with Gasteiger partial charge in [-0.25, -0.2) is 4.98 Å². The van der Waals surface area contributed by atoms with Crippen molar-refractivity contribution in [2.24, 2.45) is 0 Å². The van der Waals surface area contributed by atoms with Crippen LogP contribution in [0.15, 0.2) is 60.0 Å². The summed E-state index contributed by atoms with van der Waals surface area (Å²) in [6.45, 7) is 5.48. The third-order valence-electron chi connectivity index (χ3n) is 5.53. The fraction of sp³-hybridized carbons (Fsp3) is 0.360. The Hall–Kier alpha value is -2.70. The van der Waals surface area contributed by atoms with Gasteiger partial charge in [-0.1, -0.05) is 48.0 Å². The zero-order valence-corrected chi connectivity index (χ0v) is 18.7. The highest BCUT2D eigenvalue weighted by atomic mass is 32.1. The fourth-order valence-corrected chi connectivity index (χ4v) is 4.50. The summed E-state index contributed by atoms with van der Waals surface area (Å²) < 4.78 is 5.78. The lowest BCUT2D eigenvalue weighted by atomic mass is 10.0. The molecule has 0 spiro atoms. The molecule has 0 atom stereocenters. The molecule has 1 amide bonds. The molecule has 2 aromatic carbocycles. The standard InChI is InChI=1S/C25H29N3O2S/c1-19-7-9-23(10-8-19)30-17-25-27-22(18-31-25)15-24(29)26-21-11-13-28(14-12-21)16-20-5-3-2-4-6-20/h2-10,18,21H,11-17H2,1H3,(H,26,29).